The Hall–Kier alpha value is -1.12. The first-order valence-corrected chi connectivity index (χ1v) is 7.48. The molecule has 1 aromatic rings. The van der Waals surface area contributed by atoms with Crippen molar-refractivity contribution in [3.63, 3.8) is 0 Å². The summed E-state index contributed by atoms with van der Waals surface area (Å²) >= 11 is 0. The molecule has 3 nitrogen and oxygen atoms in total. The molecule has 1 N–H and O–H groups in total. The maximum Gasteiger partial charge on any atom is 0.133 e. The standard InChI is InChI=1S/C16H27N3/c1-11(2)15-17-12(3)10-14(19-15)18-13-6-8-16(4,5)9-7-13/h10-11,13H,6-9H2,1-5H3,(H,17,18,19). The van der Waals surface area contributed by atoms with Crippen LogP contribution in [-0.2, 0) is 0 Å². The lowest BCUT2D eigenvalue weighted by Crippen LogP contribution is -2.30. The first-order chi connectivity index (χ1) is 8.85. The maximum absolute atomic E-state index is 4.64. The number of nitrogens with zero attached hydrogens (tertiary/aromatic N) is 2. The van der Waals surface area contributed by atoms with Crippen molar-refractivity contribution in [2.45, 2.75) is 72.3 Å². The van der Waals surface area contributed by atoms with Crippen LogP contribution in [0, 0.1) is 12.3 Å². The molecule has 19 heavy (non-hydrogen) atoms. The quantitative estimate of drug-likeness (QED) is 0.882. The van der Waals surface area contributed by atoms with E-state index in [-0.39, 0.29) is 0 Å². The third kappa shape index (κ3) is 3.92. The summed E-state index contributed by atoms with van der Waals surface area (Å²) < 4.78 is 0. The zero-order valence-electron chi connectivity index (χ0n) is 13.0. The summed E-state index contributed by atoms with van der Waals surface area (Å²) in [6, 6.07) is 2.63. The van der Waals surface area contributed by atoms with Crippen LogP contribution in [0.25, 0.3) is 0 Å². The number of aryl methyl sites for hydroxylation is 1. The molecule has 0 atom stereocenters. The molecule has 0 amide bonds. The highest BCUT2D eigenvalue weighted by molar-refractivity contribution is 5.37. The number of anilines is 1. The molecular formula is C16H27N3. The Kier molecular flexibility index (Phi) is 4.12. The van der Waals surface area contributed by atoms with Gasteiger partial charge in [-0.2, -0.15) is 0 Å². The highest BCUT2D eigenvalue weighted by atomic mass is 15.1. The van der Waals surface area contributed by atoms with Crippen molar-refractivity contribution in [3.8, 4) is 0 Å². The van der Waals surface area contributed by atoms with Crippen molar-refractivity contribution in [2.75, 3.05) is 5.32 Å². The van der Waals surface area contributed by atoms with Gasteiger partial charge in [0.2, 0.25) is 0 Å². The fourth-order valence-electron chi connectivity index (χ4n) is 2.68. The largest absolute Gasteiger partial charge is 0.367 e. The van der Waals surface area contributed by atoms with Gasteiger partial charge in [-0.25, -0.2) is 9.97 Å². The lowest BCUT2D eigenvalue weighted by atomic mass is 9.75. The van der Waals surface area contributed by atoms with Gasteiger partial charge in [0, 0.05) is 23.7 Å². The van der Waals surface area contributed by atoms with Crippen LogP contribution in [0.4, 0.5) is 5.82 Å². The molecule has 0 saturated heterocycles. The number of hydrogen-bond donors (Lipinski definition) is 1. The molecule has 1 aliphatic carbocycles. The van der Waals surface area contributed by atoms with E-state index in [2.05, 4.69) is 49.0 Å². The van der Waals surface area contributed by atoms with Gasteiger partial charge in [0.15, 0.2) is 0 Å². The minimum atomic E-state index is 0.380. The number of hydrogen-bond acceptors (Lipinski definition) is 3. The highest BCUT2D eigenvalue weighted by Gasteiger charge is 2.26. The Morgan fingerprint density at radius 3 is 2.42 bits per heavy atom. The fraction of sp³-hybridized carbons (Fsp3) is 0.750. The van der Waals surface area contributed by atoms with E-state index in [0.29, 0.717) is 17.4 Å². The average Bonchev–Trinajstić information content (AvgIpc) is 2.31. The summed E-state index contributed by atoms with van der Waals surface area (Å²) in [4.78, 5) is 9.14. The highest BCUT2D eigenvalue weighted by Crippen LogP contribution is 2.36. The van der Waals surface area contributed by atoms with Crippen LogP contribution in [0.2, 0.25) is 0 Å². The van der Waals surface area contributed by atoms with Crippen LogP contribution >= 0.6 is 0 Å². The zero-order chi connectivity index (χ0) is 14.0. The minimum absolute atomic E-state index is 0.380. The topological polar surface area (TPSA) is 37.8 Å². The second kappa shape index (κ2) is 5.48. The Morgan fingerprint density at radius 2 is 1.84 bits per heavy atom. The molecule has 0 spiro atoms. The summed E-state index contributed by atoms with van der Waals surface area (Å²) in [5.74, 6) is 2.32. The monoisotopic (exact) mass is 261 g/mol. The van der Waals surface area contributed by atoms with E-state index >= 15 is 0 Å². The summed E-state index contributed by atoms with van der Waals surface area (Å²) in [6.07, 6.45) is 5.08. The molecule has 0 aliphatic heterocycles. The predicted octanol–water partition coefficient (Wildman–Crippen LogP) is 4.29. The van der Waals surface area contributed by atoms with Crippen LogP contribution in [-0.4, -0.2) is 16.0 Å². The SMILES string of the molecule is Cc1cc(NC2CCC(C)(C)CC2)nc(C(C)C)n1. The third-order valence-electron chi connectivity index (χ3n) is 4.08. The molecule has 1 saturated carbocycles. The molecule has 2 rings (SSSR count). The van der Waals surface area contributed by atoms with Crippen molar-refractivity contribution < 1.29 is 0 Å². The van der Waals surface area contributed by atoms with Crippen molar-refractivity contribution >= 4 is 5.82 Å². The summed E-state index contributed by atoms with van der Waals surface area (Å²) in [5, 5.41) is 3.60. The molecule has 3 heteroatoms. The zero-order valence-corrected chi connectivity index (χ0v) is 13.0. The fourth-order valence-corrected chi connectivity index (χ4v) is 2.68. The lowest BCUT2D eigenvalue weighted by Gasteiger charge is -2.34. The van der Waals surface area contributed by atoms with Crippen molar-refractivity contribution in [3.05, 3.63) is 17.6 Å². The molecule has 0 bridgehead atoms. The Labute approximate surface area is 117 Å². The number of aromatic nitrogens is 2. The first-order valence-electron chi connectivity index (χ1n) is 7.48. The lowest BCUT2D eigenvalue weighted by molar-refractivity contribution is 0.232. The predicted molar refractivity (Wildman–Crippen MR) is 80.5 cm³/mol. The second-order valence-corrected chi connectivity index (χ2v) is 6.99. The molecule has 1 heterocycles. The summed E-state index contributed by atoms with van der Waals surface area (Å²) in [5.41, 5.74) is 1.57. The first kappa shape index (κ1) is 14.3. The Morgan fingerprint density at radius 1 is 1.21 bits per heavy atom. The number of nitrogens with one attached hydrogen (secondary N) is 1. The normalized spacial score (nSPS) is 19.7. The molecule has 0 unspecified atom stereocenters. The van der Waals surface area contributed by atoms with Gasteiger partial charge in [-0.15, -0.1) is 0 Å². The van der Waals surface area contributed by atoms with Gasteiger partial charge in [-0.05, 0) is 38.0 Å². The molecule has 1 aliphatic rings. The Balaban J connectivity index is 2.03. The van der Waals surface area contributed by atoms with Gasteiger partial charge in [0.25, 0.3) is 0 Å². The van der Waals surface area contributed by atoms with E-state index in [4.69, 9.17) is 0 Å². The molecule has 0 radical (unpaired) electrons. The smallest absolute Gasteiger partial charge is 0.133 e. The molecule has 106 valence electrons. The van der Waals surface area contributed by atoms with Crippen LogP contribution in [0.15, 0.2) is 6.07 Å². The summed E-state index contributed by atoms with van der Waals surface area (Å²) in [6.45, 7) is 11.1. The van der Waals surface area contributed by atoms with Gasteiger partial charge in [-0.1, -0.05) is 27.7 Å². The van der Waals surface area contributed by atoms with E-state index < -0.39 is 0 Å². The van der Waals surface area contributed by atoms with Crippen LogP contribution in [0.3, 0.4) is 0 Å². The second-order valence-electron chi connectivity index (χ2n) is 6.99. The van der Waals surface area contributed by atoms with E-state index in [1.165, 1.54) is 25.7 Å². The summed E-state index contributed by atoms with van der Waals surface area (Å²) in [7, 11) is 0. The van der Waals surface area contributed by atoms with Gasteiger partial charge in [-0.3, -0.25) is 0 Å². The molecule has 1 fully saturated rings. The van der Waals surface area contributed by atoms with Gasteiger partial charge in [0.1, 0.15) is 11.6 Å². The third-order valence-corrected chi connectivity index (χ3v) is 4.08. The molecular weight excluding hydrogens is 234 g/mol. The minimum Gasteiger partial charge on any atom is -0.367 e. The van der Waals surface area contributed by atoms with Crippen molar-refractivity contribution in [1.29, 1.82) is 0 Å². The number of rotatable bonds is 3. The van der Waals surface area contributed by atoms with Gasteiger partial charge >= 0.3 is 0 Å². The van der Waals surface area contributed by atoms with Crippen molar-refractivity contribution in [2.24, 2.45) is 5.41 Å². The molecule has 1 aromatic heterocycles. The van der Waals surface area contributed by atoms with Crippen molar-refractivity contribution in [1.82, 2.24) is 9.97 Å². The van der Waals surface area contributed by atoms with Crippen LogP contribution in [0.1, 0.15) is 70.8 Å². The average molecular weight is 261 g/mol. The van der Waals surface area contributed by atoms with E-state index in [0.717, 1.165) is 17.3 Å². The van der Waals surface area contributed by atoms with E-state index in [9.17, 15) is 0 Å². The van der Waals surface area contributed by atoms with E-state index in [1.807, 2.05) is 6.92 Å². The van der Waals surface area contributed by atoms with Gasteiger partial charge < -0.3 is 5.32 Å². The molecule has 0 aromatic carbocycles. The Bertz CT molecular complexity index is 428. The van der Waals surface area contributed by atoms with E-state index in [1.54, 1.807) is 0 Å². The van der Waals surface area contributed by atoms with Gasteiger partial charge in [0.05, 0.1) is 0 Å². The van der Waals surface area contributed by atoms with Crippen LogP contribution < -0.4 is 5.32 Å². The van der Waals surface area contributed by atoms with Crippen LogP contribution in [0.5, 0.6) is 0 Å². The maximum atomic E-state index is 4.64.